The van der Waals surface area contributed by atoms with Crippen LogP contribution < -0.4 is 15.2 Å². The molecule has 1 heterocycles. The van der Waals surface area contributed by atoms with Crippen LogP contribution in [0.5, 0.6) is 5.75 Å². The Morgan fingerprint density at radius 2 is 1.81 bits per heavy atom. The predicted molar refractivity (Wildman–Crippen MR) is 120 cm³/mol. The van der Waals surface area contributed by atoms with Crippen LogP contribution in [0.15, 0.2) is 53.4 Å². The zero-order chi connectivity index (χ0) is 22.4. The number of amides is 1. The van der Waals surface area contributed by atoms with Crippen LogP contribution in [0.4, 0.5) is 0 Å². The molecule has 0 aromatic heterocycles. The number of ether oxygens (including phenoxy) is 1. The summed E-state index contributed by atoms with van der Waals surface area (Å²) in [7, 11) is -2.08. The molecule has 3 rings (SSSR count). The number of rotatable bonds is 7. The first-order valence-electron chi connectivity index (χ1n) is 10.6. The Bertz CT molecular complexity index is 975. The monoisotopic (exact) mass is 445 g/mol. The van der Waals surface area contributed by atoms with E-state index in [0.717, 1.165) is 43.5 Å². The van der Waals surface area contributed by atoms with Crippen molar-refractivity contribution >= 4 is 15.9 Å². The maximum atomic E-state index is 12.8. The van der Waals surface area contributed by atoms with Crippen LogP contribution in [0.2, 0.25) is 0 Å². The van der Waals surface area contributed by atoms with Crippen molar-refractivity contribution in [3.05, 3.63) is 59.7 Å². The molecule has 168 valence electrons. The molecule has 7 nitrogen and oxygen atoms in total. The van der Waals surface area contributed by atoms with E-state index in [4.69, 9.17) is 9.88 Å². The van der Waals surface area contributed by atoms with Crippen molar-refractivity contribution in [3.63, 3.8) is 0 Å². The number of primary sulfonamides is 1. The predicted octanol–water partition coefficient (Wildman–Crippen LogP) is 3.14. The summed E-state index contributed by atoms with van der Waals surface area (Å²) < 4.78 is 28.1. The summed E-state index contributed by atoms with van der Waals surface area (Å²) in [6, 6.07) is 14.3. The average molecular weight is 446 g/mol. The number of likely N-dealkylation sites (tertiary alicyclic amines) is 1. The Labute approximate surface area is 184 Å². The third-order valence-electron chi connectivity index (χ3n) is 5.80. The van der Waals surface area contributed by atoms with Gasteiger partial charge in [-0.05, 0) is 61.7 Å². The fraction of sp³-hybridized carbons (Fsp3) is 0.435. The van der Waals surface area contributed by atoms with Crippen LogP contribution in [0.3, 0.4) is 0 Å². The van der Waals surface area contributed by atoms with Gasteiger partial charge < -0.3 is 10.1 Å². The van der Waals surface area contributed by atoms with Gasteiger partial charge in [-0.1, -0.05) is 37.1 Å². The summed E-state index contributed by atoms with van der Waals surface area (Å²) in [6.07, 6.45) is 4.40. The Kier molecular flexibility index (Phi) is 7.69. The molecule has 0 unspecified atom stereocenters. The summed E-state index contributed by atoms with van der Waals surface area (Å²) in [5.41, 5.74) is 2.02. The standard InChI is InChI=1S/C23H31N3O4S/c1-17(18-9-13-21(14-10-18)31(24,28)29)25-23(27)16-26-15-5-3-4-6-22(26)19-7-11-20(30-2)12-8-19/h7-14,17,22H,3-6,15-16H2,1-2H3,(H,25,27)(H2,24,28,29)/t17-,22-/m1/s1. The van der Waals surface area contributed by atoms with E-state index in [1.807, 2.05) is 19.1 Å². The third kappa shape index (κ3) is 6.29. The number of hydrogen-bond donors (Lipinski definition) is 2. The molecule has 1 aliphatic rings. The van der Waals surface area contributed by atoms with Crippen molar-refractivity contribution in [2.45, 2.75) is 49.6 Å². The molecule has 1 aliphatic heterocycles. The van der Waals surface area contributed by atoms with Gasteiger partial charge in [-0.25, -0.2) is 13.6 Å². The van der Waals surface area contributed by atoms with Gasteiger partial charge in [0.2, 0.25) is 15.9 Å². The zero-order valence-corrected chi connectivity index (χ0v) is 18.9. The molecular formula is C23H31N3O4S. The highest BCUT2D eigenvalue weighted by Gasteiger charge is 2.25. The summed E-state index contributed by atoms with van der Waals surface area (Å²) in [4.78, 5) is 15.1. The minimum absolute atomic E-state index is 0.0524. The van der Waals surface area contributed by atoms with Gasteiger partial charge in [0.15, 0.2) is 0 Å². The van der Waals surface area contributed by atoms with Gasteiger partial charge in [-0.3, -0.25) is 9.69 Å². The number of hydrogen-bond acceptors (Lipinski definition) is 5. The quantitative estimate of drug-likeness (QED) is 0.682. The second kappa shape index (κ2) is 10.3. The van der Waals surface area contributed by atoms with Crippen LogP contribution in [0.25, 0.3) is 0 Å². The first-order valence-corrected chi connectivity index (χ1v) is 12.1. The van der Waals surface area contributed by atoms with Gasteiger partial charge in [-0.15, -0.1) is 0 Å². The number of sulfonamides is 1. The molecular weight excluding hydrogens is 414 g/mol. The fourth-order valence-corrected chi connectivity index (χ4v) is 4.58. The Hall–Kier alpha value is -2.42. The molecule has 8 heteroatoms. The van der Waals surface area contributed by atoms with Gasteiger partial charge >= 0.3 is 0 Å². The van der Waals surface area contributed by atoms with Crippen LogP contribution in [0, 0.1) is 0 Å². The second-order valence-corrected chi connectivity index (χ2v) is 9.57. The maximum absolute atomic E-state index is 12.8. The molecule has 2 aromatic carbocycles. The number of carbonyl (C=O) groups is 1. The minimum Gasteiger partial charge on any atom is -0.497 e. The molecule has 1 saturated heterocycles. The largest absolute Gasteiger partial charge is 0.497 e. The topological polar surface area (TPSA) is 102 Å². The van der Waals surface area contributed by atoms with E-state index in [9.17, 15) is 13.2 Å². The van der Waals surface area contributed by atoms with Crippen molar-refractivity contribution in [2.75, 3.05) is 20.2 Å². The molecule has 1 amide bonds. The van der Waals surface area contributed by atoms with E-state index in [-0.39, 0.29) is 22.9 Å². The van der Waals surface area contributed by atoms with Crippen molar-refractivity contribution in [3.8, 4) is 5.75 Å². The lowest BCUT2D eigenvalue weighted by Crippen LogP contribution is -2.40. The van der Waals surface area contributed by atoms with Crippen molar-refractivity contribution < 1.29 is 17.9 Å². The van der Waals surface area contributed by atoms with Gasteiger partial charge in [0, 0.05) is 6.04 Å². The molecule has 0 aliphatic carbocycles. The summed E-state index contributed by atoms with van der Waals surface area (Å²) >= 11 is 0. The lowest BCUT2D eigenvalue weighted by molar-refractivity contribution is -0.123. The Morgan fingerprint density at radius 1 is 1.13 bits per heavy atom. The van der Waals surface area contributed by atoms with E-state index >= 15 is 0 Å². The van der Waals surface area contributed by atoms with Crippen LogP contribution >= 0.6 is 0 Å². The molecule has 2 atom stereocenters. The number of nitrogens with zero attached hydrogens (tertiary/aromatic N) is 1. The highest BCUT2D eigenvalue weighted by atomic mass is 32.2. The molecule has 0 radical (unpaired) electrons. The summed E-state index contributed by atoms with van der Waals surface area (Å²) in [5.74, 6) is 0.771. The number of methoxy groups -OCH3 is 1. The molecule has 1 fully saturated rings. The Balaban J connectivity index is 1.66. The number of nitrogens with two attached hydrogens (primary N) is 1. The van der Waals surface area contributed by atoms with Gasteiger partial charge in [-0.2, -0.15) is 0 Å². The van der Waals surface area contributed by atoms with Crippen LogP contribution in [0.1, 0.15) is 55.8 Å². The van der Waals surface area contributed by atoms with Gasteiger partial charge in [0.05, 0.1) is 24.6 Å². The van der Waals surface area contributed by atoms with E-state index in [1.165, 1.54) is 17.7 Å². The first-order chi connectivity index (χ1) is 14.8. The van der Waals surface area contributed by atoms with Gasteiger partial charge in [0.1, 0.15) is 5.75 Å². The number of carbonyl (C=O) groups excluding carboxylic acids is 1. The highest BCUT2D eigenvalue weighted by Crippen LogP contribution is 2.31. The molecule has 0 bridgehead atoms. The summed E-state index contributed by atoms with van der Waals surface area (Å²) in [5, 5.41) is 8.18. The minimum atomic E-state index is -3.73. The lowest BCUT2D eigenvalue weighted by Gasteiger charge is -2.30. The maximum Gasteiger partial charge on any atom is 0.238 e. The number of nitrogens with one attached hydrogen (secondary N) is 1. The third-order valence-corrected chi connectivity index (χ3v) is 6.73. The van der Waals surface area contributed by atoms with E-state index < -0.39 is 10.0 Å². The zero-order valence-electron chi connectivity index (χ0n) is 18.1. The SMILES string of the molecule is COc1ccc([C@H]2CCCCCN2CC(=O)N[C@H](C)c2ccc(S(N)(=O)=O)cc2)cc1. The summed E-state index contributed by atoms with van der Waals surface area (Å²) in [6.45, 7) is 3.07. The van der Waals surface area contributed by atoms with Crippen molar-refractivity contribution in [2.24, 2.45) is 5.14 Å². The van der Waals surface area contributed by atoms with E-state index in [1.54, 1.807) is 19.2 Å². The van der Waals surface area contributed by atoms with E-state index in [0.29, 0.717) is 6.54 Å². The van der Waals surface area contributed by atoms with Gasteiger partial charge in [0.25, 0.3) is 0 Å². The van der Waals surface area contributed by atoms with E-state index in [2.05, 4.69) is 22.3 Å². The van der Waals surface area contributed by atoms with Crippen LogP contribution in [-0.4, -0.2) is 39.4 Å². The average Bonchev–Trinajstić information content (AvgIpc) is 2.98. The van der Waals surface area contributed by atoms with Crippen molar-refractivity contribution in [1.82, 2.24) is 10.2 Å². The molecule has 31 heavy (non-hydrogen) atoms. The van der Waals surface area contributed by atoms with Crippen LogP contribution in [-0.2, 0) is 14.8 Å². The molecule has 2 aromatic rings. The highest BCUT2D eigenvalue weighted by molar-refractivity contribution is 7.89. The lowest BCUT2D eigenvalue weighted by atomic mass is 10.0. The molecule has 3 N–H and O–H groups in total. The first kappa shape index (κ1) is 23.2. The molecule has 0 spiro atoms. The van der Waals surface area contributed by atoms with Crippen molar-refractivity contribution in [1.29, 1.82) is 0 Å². The fourth-order valence-electron chi connectivity index (χ4n) is 4.06. The normalized spacial score (nSPS) is 18.7. The number of benzene rings is 2. The Morgan fingerprint density at radius 3 is 2.42 bits per heavy atom. The second-order valence-electron chi connectivity index (χ2n) is 8.01. The molecule has 0 saturated carbocycles. The smallest absolute Gasteiger partial charge is 0.238 e.